The third-order valence-corrected chi connectivity index (χ3v) is 4.01. The Hall–Kier alpha value is -1.10. The minimum absolute atomic E-state index is 0.565. The van der Waals surface area contributed by atoms with E-state index in [2.05, 4.69) is 15.2 Å². The molecule has 0 aliphatic heterocycles. The number of aromatic nitrogens is 2. The Balaban J connectivity index is 1.83. The van der Waals surface area contributed by atoms with Crippen molar-refractivity contribution in [1.29, 1.82) is 0 Å². The average Bonchev–Trinajstić information content (AvgIpc) is 2.76. The van der Waals surface area contributed by atoms with Gasteiger partial charge in [0, 0.05) is 32.5 Å². The SMILES string of the molecule is CN(Cc1nccn1C)C(=S)NC1CCCCC1. The van der Waals surface area contributed by atoms with Crippen molar-refractivity contribution in [3.05, 3.63) is 18.2 Å². The van der Waals surface area contributed by atoms with Crippen molar-refractivity contribution in [2.45, 2.75) is 44.7 Å². The molecule has 1 aliphatic rings. The third-order valence-electron chi connectivity index (χ3n) is 3.58. The Morgan fingerprint density at radius 1 is 1.50 bits per heavy atom. The lowest BCUT2D eigenvalue weighted by molar-refractivity contribution is 0.388. The predicted octanol–water partition coefficient (Wildman–Crippen LogP) is 2.06. The molecule has 5 heteroatoms. The summed E-state index contributed by atoms with van der Waals surface area (Å²) in [5.41, 5.74) is 0. The molecule has 0 spiro atoms. The maximum Gasteiger partial charge on any atom is 0.169 e. The van der Waals surface area contributed by atoms with Crippen LogP contribution in [-0.2, 0) is 13.6 Å². The number of imidazole rings is 1. The molecule has 0 amide bonds. The highest BCUT2D eigenvalue weighted by molar-refractivity contribution is 7.80. The lowest BCUT2D eigenvalue weighted by Gasteiger charge is -2.28. The smallest absolute Gasteiger partial charge is 0.169 e. The monoisotopic (exact) mass is 266 g/mol. The first kappa shape index (κ1) is 13.3. The van der Waals surface area contributed by atoms with Gasteiger partial charge < -0.3 is 14.8 Å². The zero-order chi connectivity index (χ0) is 13.0. The summed E-state index contributed by atoms with van der Waals surface area (Å²) in [6.45, 7) is 0.752. The number of rotatable bonds is 3. The Kier molecular flexibility index (Phi) is 4.58. The molecule has 1 fully saturated rings. The molecule has 4 nitrogen and oxygen atoms in total. The highest BCUT2D eigenvalue weighted by Gasteiger charge is 2.16. The highest BCUT2D eigenvalue weighted by atomic mass is 32.1. The second-order valence-corrected chi connectivity index (χ2v) is 5.48. The van der Waals surface area contributed by atoms with Gasteiger partial charge in [-0.05, 0) is 25.1 Å². The second kappa shape index (κ2) is 6.18. The molecule has 0 unspecified atom stereocenters. The molecule has 1 aromatic rings. The van der Waals surface area contributed by atoms with Gasteiger partial charge in [-0.2, -0.15) is 0 Å². The summed E-state index contributed by atoms with van der Waals surface area (Å²) in [4.78, 5) is 6.38. The number of nitrogens with one attached hydrogen (secondary N) is 1. The van der Waals surface area contributed by atoms with Crippen LogP contribution in [0.4, 0.5) is 0 Å². The molecule has 18 heavy (non-hydrogen) atoms. The van der Waals surface area contributed by atoms with Crippen molar-refractivity contribution in [2.75, 3.05) is 7.05 Å². The summed E-state index contributed by atoms with van der Waals surface area (Å²) in [6, 6.07) is 0.565. The summed E-state index contributed by atoms with van der Waals surface area (Å²) in [5.74, 6) is 1.03. The van der Waals surface area contributed by atoms with Gasteiger partial charge >= 0.3 is 0 Å². The molecule has 1 N–H and O–H groups in total. The van der Waals surface area contributed by atoms with Gasteiger partial charge in [-0.3, -0.25) is 0 Å². The minimum Gasteiger partial charge on any atom is -0.360 e. The standard InChI is InChI=1S/C13H22N4S/c1-16-9-8-14-12(16)10-17(2)13(18)15-11-6-4-3-5-7-11/h8-9,11H,3-7,10H2,1-2H3,(H,15,18). The van der Waals surface area contributed by atoms with Gasteiger partial charge in [-0.25, -0.2) is 4.98 Å². The molecule has 100 valence electrons. The Bertz CT molecular complexity index is 395. The summed E-state index contributed by atoms with van der Waals surface area (Å²) < 4.78 is 2.03. The van der Waals surface area contributed by atoms with Gasteiger partial charge in [-0.15, -0.1) is 0 Å². The van der Waals surface area contributed by atoms with Crippen LogP contribution in [0.15, 0.2) is 12.4 Å². The molecule has 0 atom stereocenters. The molecule has 1 aliphatic carbocycles. The van der Waals surface area contributed by atoms with Crippen LogP contribution in [0, 0.1) is 0 Å². The van der Waals surface area contributed by atoms with Gasteiger partial charge in [0.05, 0.1) is 6.54 Å². The predicted molar refractivity (Wildman–Crippen MR) is 77.3 cm³/mol. The van der Waals surface area contributed by atoms with E-state index < -0.39 is 0 Å². The van der Waals surface area contributed by atoms with Gasteiger partial charge in [0.1, 0.15) is 5.82 Å². The van der Waals surface area contributed by atoms with E-state index in [0.29, 0.717) is 6.04 Å². The average molecular weight is 266 g/mol. The van der Waals surface area contributed by atoms with Crippen LogP contribution >= 0.6 is 12.2 Å². The van der Waals surface area contributed by atoms with Crippen LogP contribution in [0.3, 0.4) is 0 Å². The van der Waals surface area contributed by atoms with E-state index in [1.807, 2.05) is 31.1 Å². The Morgan fingerprint density at radius 2 is 2.22 bits per heavy atom. The molecular formula is C13H22N4S. The summed E-state index contributed by atoms with van der Waals surface area (Å²) in [5, 5.41) is 4.31. The normalized spacial score (nSPS) is 16.6. The number of hydrogen-bond donors (Lipinski definition) is 1. The van der Waals surface area contributed by atoms with Gasteiger partial charge in [-0.1, -0.05) is 19.3 Å². The molecule has 1 aromatic heterocycles. The van der Waals surface area contributed by atoms with Gasteiger partial charge in [0.25, 0.3) is 0 Å². The fraction of sp³-hybridized carbons (Fsp3) is 0.692. The number of aryl methyl sites for hydroxylation is 1. The van der Waals surface area contributed by atoms with Crippen LogP contribution in [-0.4, -0.2) is 32.7 Å². The largest absolute Gasteiger partial charge is 0.360 e. The first-order valence-corrected chi connectivity index (χ1v) is 7.05. The quantitative estimate of drug-likeness (QED) is 0.849. The van der Waals surface area contributed by atoms with E-state index in [4.69, 9.17) is 12.2 Å². The topological polar surface area (TPSA) is 33.1 Å². The molecule has 0 bridgehead atoms. The molecule has 1 saturated carbocycles. The lowest BCUT2D eigenvalue weighted by Crippen LogP contribution is -2.43. The van der Waals surface area contributed by atoms with Crippen molar-refractivity contribution < 1.29 is 0 Å². The molecule has 0 radical (unpaired) electrons. The molecule has 1 heterocycles. The lowest BCUT2D eigenvalue weighted by atomic mass is 9.96. The Morgan fingerprint density at radius 3 is 2.83 bits per heavy atom. The number of hydrogen-bond acceptors (Lipinski definition) is 2. The van der Waals surface area contributed by atoms with Crippen LogP contribution in [0.25, 0.3) is 0 Å². The maximum atomic E-state index is 5.45. The van der Waals surface area contributed by atoms with Crippen LogP contribution in [0.5, 0.6) is 0 Å². The fourth-order valence-electron chi connectivity index (χ4n) is 2.36. The van der Waals surface area contributed by atoms with Crippen molar-refractivity contribution in [2.24, 2.45) is 7.05 Å². The summed E-state index contributed by atoms with van der Waals surface area (Å²) >= 11 is 5.45. The molecule has 2 rings (SSSR count). The number of nitrogens with zero attached hydrogens (tertiary/aromatic N) is 3. The summed E-state index contributed by atoms with van der Waals surface area (Å²) in [6.07, 6.45) is 10.3. The van der Waals surface area contributed by atoms with Crippen molar-refractivity contribution in [3.63, 3.8) is 0 Å². The first-order valence-electron chi connectivity index (χ1n) is 6.64. The van der Waals surface area contributed by atoms with Gasteiger partial charge in [0.15, 0.2) is 5.11 Å². The highest BCUT2D eigenvalue weighted by Crippen LogP contribution is 2.17. The van der Waals surface area contributed by atoms with Crippen molar-refractivity contribution >= 4 is 17.3 Å². The van der Waals surface area contributed by atoms with Crippen LogP contribution in [0.1, 0.15) is 37.9 Å². The van der Waals surface area contributed by atoms with Crippen molar-refractivity contribution in [1.82, 2.24) is 19.8 Å². The zero-order valence-electron chi connectivity index (χ0n) is 11.2. The van der Waals surface area contributed by atoms with E-state index in [1.165, 1.54) is 32.1 Å². The fourth-order valence-corrected chi connectivity index (χ4v) is 2.60. The van der Waals surface area contributed by atoms with E-state index in [-0.39, 0.29) is 0 Å². The maximum absolute atomic E-state index is 5.45. The third kappa shape index (κ3) is 3.45. The summed E-state index contributed by atoms with van der Waals surface area (Å²) in [7, 11) is 4.03. The second-order valence-electron chi connectivity index (χ2n) is 5.09. The zero-order valence-corrected chi connectivity index (χ0v) is 12.0. The molecular weight excluding hydrogens is 244 g/mol. The number of thiocarbonyl (C=S) groups is 1. The molecule has 0 saturated heterocycles. The van der Waals surface area contributed by atoms with Gasteiger partial charge in [0.2, 0.25) is 0 Å². The van der Waals surface area contributed by atoms with E-state index in [9.17, 15) is 0 Å². The molecule has 0 aromatic carbocycles. The van der Waals surface area contributed by atoms with Crippen LogP contribution in [0.2, 0.25) is 0 Å². The van der Waals surface area contributed by atoms with E-state index in [0.717, 1.165) is 17.5 Å². The minimum atomic E-state index is 0.565. The van der Waals surface area contributed by atoms with E-state index in [1.54, 1.807) is 0 Å². The van der Waals surface area contributed by atoms with Crippen LogP contribution < -0.4 is 5.32 Å². The van der Waals surface area contributed by atoms with E-state index >= 15 is 0 Å². The van der Waals surface area contributed by atoms with Crippen molar-refractivity contribution in [3.8, 4) is 0 Å². The Labute approximate surface area is 114 Å². The first-order chi connectivity index (χ1) is 8.66.